The highest BCUT2D eigenvalue weighted by atomic mass is 15.0. The summed E-state index contributed by atoms with van der Waals surface area (Å²) in [5.41, 5.74) is 3.64. The second kappa shape index (κ2) is 5.74. The van der Waals surface area contributed by atoms with Crippen LogP contribution in [0.4, 0.5) is 0 Å². The largest absolute Gasteiger partial charge is 0.333 e. The van der Waals surface area contributed by atoms with Gasteiger partial charge in [0.2, 0.25) is 0 Å². The molecule has 1 aromatic heterocycles. The van der Waals surface area contributed by atoms with Crippen LogP contribution in [0.25, 0.3) is 44.6 Å². The molecule has 1 heteroatoms. The van der Waals surface area contributed by atoms with Crippen molar-refractivity contribution in [3.8, 4) is 0 Å². The molecule has 5 rings (SSSR count). The molecule has 4 aromatic rings. The van der Waals surface area contributed by atoms with Crippen molar-refractivity contribution in [2.75, 3.05) is 0 Å². The Morgan fingerprint density at radius 3 is 2.42 bits per heavy atom. The smallest absolute Gasteiger partial charge is 0.0525 e. The van der Waals surface area contributed by atoms with Gasteiger partial charge in [0.15, 0.2) is 0 Å². The van der Waals surface area contributed by atoms with Gasteiger partial charge in [0, 0.05) is 16.6 Å². The lowest BCUT2D eigenvalue weighted by Crippen LogP contribution is -2.05. The van der Waals surface area contributed by atoms with E-state index in [-0.39, 0.29) is 0 Å². The molecule has 0 radical (unpaired) electrons. The van der Waals surface area contributed by atoms with Crippen molar-refractivity contribution in [1.29, 1.82) is 0 Å². The first kappa shape index (κ1) is 15.2. The van der Waals surface area contributed by atoms with Crippen LogP contribution in [0.3, 0.4) is 0 Å². The van der Waals surface area contributed by atoms with Gasteiger partial charge in [-0.2, -0.15) is 0 Å². The second-order valence-corrected chi connectivity index (χ2v) is 7.03. The maximum atomic E-state index is 4.12. The Kier molecular flexibility index (Phi) is 3.36. The lowest BCUT2D eigenvalue weighted by atomic mass is 9.98. The predicted octanol–water partition coefficient (Wildman–Crippen LogP) is 7.12. The molecular formula is C25H21N. The zero-order valence-corrected chi connectivity index (χ0v) is 14.8. The van der Waals surface area contributed by atoms with E-state index >= 15 is 0 Å². The summed E-state index contributed by atoms with van der Waals surface area (Å²) in [6.45, 7) is 8.22. The molecule has 1 aliphatic rings. The molecular weight excluding hydrogens is 314 g/mol. The molecule has 1 aliphatic carbocycles. The second-order valence-electron chi connectivity index (χ2n) is 7.03. The third-order valence-electron chi connectivity index (χ3n) is 5.64. The minimum Gasteiger partial charge on any atom is -0.333 e. The quantitative estimate of drug-likeness (QED) is 0.277. The molecule has 3 aromatic carbocycles. The summed E-state index contributed by atoms with van der Waals surface area (Å²) >= 11 is 0. The summed E-state index contributed by atoms with van der Waals surface area (Å²) < 4.78 is 2.44. The first-order chi connectivity index (χ1) is 12.8. The number of nitrogens with zero attached hydrogens (tertiary/aromatic N) is 1. The van der Waals surface area contributed by atoms with Gasteiger partial charge >= 0.3 is 0 Å². The van der Waals surface area contributed by atoms with Gasteiger partial charge in [0.05, 0.1) is 11.6 Å². The summed E-state index contributed by atoms with van der Waals surface area (Å²) in [4.78, 5) is 0. The highest BCUT2D eigenvalue weighted by Gasteiger charge is 2.21. The normalized spacial score (nSPS) is 16.7. The van der Waals surface area contributed by atoms with Crippen molar-refractivity contribution in [2.45, 2.75) is 18.9 Å². The maximum absolute atomic E-state index is 4.12. The molecule has 26 heavy (non-hydrogen) atoms. The van der Waals surface area contributed by atoms with Crippen molar-refractivity contribution in [3.63, 3.8) is 0 Å². The lowest BCUT2D eigenvalue weighted by molar-refractivity contribution is 0.606. The first-order valence-corrected chi connectivity index (χ1v) is 9.23. The molecule has 1 atom stereocenters. The average Bonchev–Trinajstić information content (AvgIpc) is 3.31. The number of benzene rings is 3. The van der Waals surface area contributed by atoms with Crippen LogP contribution in [0.15, 0.2) is 73.8 Å². The topological polar surface area (TPSA) is 4.93 Å². The van der Waals surface area contributed by atoms with Gasteiger partial charge in [0.25, 0.3) is 0 Å². The SMILES string of the molecule is C=Cc1c(C=C)n(C2C=CCC2)c2ccc3cc4ccccc4cc3c12. The van der Waals surface area contributed by atoms with Crippen molar-refractivity contribution in [2.24, 2.45) is 0 Å². The summed E-state index contributed by atoms with van der Waals surface area (Å²) in [7, 11) is 0. The van der Waals surface area contributed by atoms with Crippen LogP contribution in [0, 0.1) is 0 Å². The van der Waals surface area contributed by atoms with Gasteiger partial charge in [-0.25, -0.2) is 0 Å². The third kappa shape index (κ3) is 2.04. The van der Waals surface area contributed by atoms with Crippen molar-refractivity contribution in [1.82, 2.24) is 4.57 Å². The van der Waals surface area contributed by atoms with Crippen molar-refractivity contribution >= 4 is 44.6 Å². The molecule has 0 amide bonds. The Labute approximate surface area is 153 Å². The Balaban J connectivity index is 1.97. The van der Waals surface area contributed by atoms with E-state index in [9.17, 15) is 0 Å². The minimum atomic E-state index is 0.400. The lowest BCUT2D eigenvalue weighted by Gasteiger charge is -2.15. The molecule has 1 heterocycles. The number of aromatic nitrogens is 1. The fraction of sp³-hybridized carbons (Fsp3) is 0.120. The monoisotopic (exact) mass is 335 g/mol. The number of allylic oxidation sites excluding steroid dienone is 2. The van der Waals surface area contributed by atoms with Gasteiger partial charge in [-0.1, -0.05) is 61.7 Å². The molecule has 0 N–H and O–H groups in total. The molecule has 0 saturated carbocycles. The van der Waals surface area contributed by atoms with E-state index in [2.05, 4.69) is 78.4 Å². The standard InChI is InChI=1S/C25H21N/c1-3-21-23(4-2)26(20-11-7-8-12-20)24-14-13-19-15-17-9-5-6-10-18(17)16-22(19)25(21)24/h3-7,9-11,13-16,20H,1-2,8,12H2. The first-order valence-electron chi connectivity index (χ1n) is 9.23. The number of hydrogen-bond acceptors (Lipinski definition) is 0. The van der Waals surface area contributed by atoms with Gasteiger partial charge in [0.1, 0.15) is 0 Å². The summed E-state index contributed by atoms with van der Waals surface area (Å²) in [5.74, 6) is 0. The molecule has 1 unspecified atom stereocenters. The zero-order valence-electron chi connectivity index (χ0n) is 14.8. The Hall–Kier alpha value is -3.06. The van der Waals surface area contributed by atoms with E-state index in [1.807, 2.05) is 12.2 Å². The van der Waals surface area contributed by atoms with Crippen LogP contribution < -0.4 is 0 Å². The Morgan fingerprint density at radius 1 is 0.923 bits per heavy atom. The molecule has 0 fully saturated rings. The van der Waals surface area contributed by atoms with Gasteiger partial charge < -0.3 is 4.57 Å². The van der Waals surface area contributed by atoms with Crippen LogP contribution in [-0.2, 0) is 0 Å². The van der Waals surface area contributed by atoms with E-state index in [4.69, 9.17) is 0 Å². The van der Waals surface area contributed by atoms with Gasteiger partial charge in [-0.3, -0.25) is 0 Å². The average molecular weight is 335 g/mol. The molecule has 0 saturated heterocycles. The van der Waals surface area contributed by atoms with Crippen molar-refractivity contribution in [3.05, 3.63) is 85.1 Å². The van der Waals surface area contributed by atoms with Gasteiger partial charge in [-0.15, -0.1) is 0 Å². The molecule has 0 aliphatic heterocycles. The minimum absolute atomic E-state index is 0.400. The van der Waals surface area contributed by atoms with Crippen LogP contribution >= 0.6 is 0 Å². The fourth-order valence-electron chi connectivity index (χ4n) is 4.48. The number of hydrogen-bond donors (Lipinski definition) is 0. The van der Waals surface area contributed by atoms with E-state index in [1.54, 1.807) is 0 Å². The number of rotatable bonds is 3. The van der Waals surface area contributed by atoms with E-state index in [0.717, 1.165) is 12.8 Å². The Bertz CT molecular complexity index is 1220. The summed E-state index contributed by atoms with van der Waals surface area (Å²) in [5, 5.41) is 6.41. The highest BCUT2D eigenvalue weighted by molar-refractivity contribution is 6.15. The molecule has 1 nitrogen and oxygen atoms in total. The number of fused-ring (bicyclic) bond motifs is 4. The summed E-state index contributed by atoms with van der Waals surface area (Å²) in [6, 6.07) is 18.1. The maximum Gasteiger partial charge on any atom is 0.0525 e. The highest BCUT2D eigenvalue weighted by Crippen LogP contribution is 2.39. The fourth-order valence-corrected chi connectivity index (χ4v) is 4.48. The molecule has 126 valence electrons. The van der Waals surface area contributed by atoms with Crippen LogP contribution in [0.1, 0.15) is 30.1 Å². The van der Waals surface area contributed by atoms with Crippen molar-refractivity contribution < 1.29 is 0 Å². The van der Waals surface area contributed by atoms with E-state index in [1.165, 1.54) is 43.7 Å². The molecule has 0 spiro atoms. The molecule has 0 bridgehead atoms. The summed E-state index contributed by atoms with van der Waals surface area (Å²) in [6.07, 6.45) is 10.9. The van der Waals surface area contributed by atoms with E-state index < -0.39 is 0 Å². The zero-order chi connectivity index (χ0) is 17.7. The Morgan fingerprint density at radius 2 is 1.73 bits per heavy atom. The van der Waals surface area contributed by atoms with E-state index in [0.29, 0.717) is 6.04 Å². The van der Waals surface area contributed by atoms with Gasteiger partial charge in [-0.05, 0) is 58.7 Å². The van der Waals surface area contributed by atoms with Crippen LogP contribution in [0.5, 0.6) is 0 Å². The third-order valence-corrected chi connectivity index (χ3v) is 5.64. The van der Waals surface area contributed by atoms with Crippen LogP contribution in [0.2, 0.25) is 0 Å². The van der Waals surface area contributed by atoms with Crippen LogP contribution in [-0.4, -0.2) is 4.57 Å². The predicted molar refractivity (Wildman–Crippen MR) is 115 cm³/mol.